The molecule has 0 N–H and O–H groups in total. The van der Waals surface area contributed by atoms with Crippen molar-refractivity contribution in [2.75, 3.05) is 12.4 Å². The van der Waals surface area contributed by atoms with Crippen LogP contribution >= 0.6 is 11.6 Å². The van der Waals surface area contributed by atoms with Gasteiger partial charge in [0.15, 0.2) is 17.2 Å². The number of alkyl halides is 1. The number of aromatic nitrogens is 1. The smallest absolute Gasteiger partial charge is 0.238 e. The van der Waals surface area contributed by atoms with Crippen molar-refractivity contribution >= 4 is 28.6 Å². The fraction of sp³-hybridized carbons (Fsp3) is 0.263. The Hall–Kier alpha value is -2.47. The van der Waals surface area contributed by atoms with Gasteiger partial charge in [-0.05, 0) is 48.2 Å². The van der Waals surface area contributed by atoms with Gasteiger partial charge in [0.1, 0.15) is 17.4 Å². The van der Waals surface area contributed by atoms with Crippen LogP contribution in [0, 0.1) is 11.6 Å². The number of oxazole rings is 1. The van der Waals surface area contributed by atoms with E-state index in [1.165, 1.54) is 6.07 Å². The second-order valence-corrected chi connectivity index (χ2v) is 6.51. The number of carbonyl (C=O) groups is 1. The van der Waals surface area contributed by atoms with Gasteiger partial charge in [0.05, 0.1) is 0 Å². The summed E-state index contributed by atoms with van der Waals surface area (Å²) in [4.78, 5) is 18.2. The van der Waals surface area contributed by atoms with Gasteiger partial charge < -0.3 is 9.32 Å². The molecule has 0 bridgehead atoms. The summed E-state index contributed by atoms with van der Waals surface area (Å²) >= 11 is 5.68. The molecule has 4 rings (SSSR count). The molecular formula is C19H15ClF2N2O2. The van der Waals surface area contributed by atoms with Crippen LogP contribution in [0.25, 0.3) is 22.2 Å². The Bertz CT molecular complexity index is 989. The Labute approximate surface area is 153 Å². The zero-order valence-electron chi connectivity index (χ0n) is 13.7. The second kappa shape index (κ2) is 6.68. The Balaban J connectivity index is 1.70. The third-order valence-corrected chi connectivity index (χ3v) is 4.86. The van der Waals surface area contributed by atoms with E-state index in [0.717, 1.165) is 25.0 Å². The Kier molecular flexibility index (Phi) is 4.36. The molecule has 4 nitrogen and oxygen atoms in total. The van der Waals surface area contributed by atoms with E-state index in [2.05, 4.69) is 4.98 Å². The number of amides is 1. The van der Waals surface area contributed by atoms with Crippen LogP contribution in [0.5, 0.6) is 0 Å². The third-order valence-electron chi connectivity index (χ3n) is 4.63. The van der Waals surface area contributed by atoms with Crippen LogP contribution in [0.15, 0.2) is 40.8 Å². The molecule has 0 saturated carbocycles. The van der Waals surface area contributed by atoms with Gasteiger partial charge in [0.2, 0.25) is 11.8 Å². The molecule has 1 saturated heterocycles. The maximum atomic E-state index is 13.5. The zero-order chi connectivity index (χ0) is 18.3. The van der Waals surface area contributed by atoms with Crippen molar-refractivity contribution in [1.82, 2.24) is 9.88 Å². The van der Waals surface area contributed by atoms with Gasteiger partial charge in [0.25, 0.3) is 0 Å². The maximum Gasteiger partial charge on any atom is 0.238 e. The SMILES string of the molecule is O=C(CCl)N1CCCC1c1nc2cc(-c3ccc(F)c(F)c3)ccc2o1. The number of fused-ring (bicyclic) bond motifs is 1. The minimum Gasteiger partial charge on any atom is -0.438 e. The predicted molar refractivity (Wildman–Crippen MR) is 93.8 cm³/mol. The normalized spacial score (nSPS) is 17.2. The van der Waals surface area contributed by atoms with Gasteiger partial charge in [0, 0.05) is 6.54 Å². The Morgan fingerprint density at radius 1 is 1.19 bits per heavy atom. The van der Waals surface area contributed by atoms with Gasteiger partial charge in [-0.1, -0.05) is 12.1 Å². The van der Waals surface area contributed by atoms with Gasteiger partial charge >= 0.3 is 0 Å². The number of carbonyl (C=O) groups excluding carboxylic acids is 1. The molecule has 1 atom stereocenters. The quantitative estimate of drug-likeness (QED) is 0.624. The van der Waals surface area contributed by atoms with Crippen molar-refractivity contribution in [3.8, 4) is 11.1 Å². The third kappa shape index (κ3) is 2.94. The van der Waals surface area contributed by atoms with Crippen LogP contribution in [-0.2, 0) is 4.79 Å². The lowest BCUT2D eigenvalue weighted by atomic mass is 10.1. The van der Waals surface area contributed by atoms with Crippen molar-refractivity contribution in [3.63, 3.8) is 0 Å². The van der Waals surface area contributed by atoms with E-state index in [1.54, 1.807) is 23.1 Å². The number of halogens is 3. The number of nitrogens with zero attached hydrogens (tertiary/aromatic N) is 2. The van der Waals surface area contributed by atoms with Crippen LogP contribution < -0.4 is 0 Å². The molecule has 2 aromatic carbocycles. The molecule has 26 heavy (non-hydrogen) atoms. The Morgan fingerprint density at radius 3 is 2.73 bits per heavy atom. The van der Waals surface area contributed by atoms with E-state index in [9.17, 15) is 13.6 Å². The molecule has 1 fully saturated rings. The molecule has 1 aliphatic rings. The minimum atomic E-state index is -0.898. The molecule has 3 aromatic rings. The van der Waals surface area contributed by atoms with Gasteiger partial charge in [-0.2, -0.15) is 0 Å². The molecule has 7 heteroatoms. The number of hydrogen-bond acceptors (Lipinski definition) is 3. The number of hydrogen-bond donors (Lipinski definition) is 0. The average Bonchev–Trinajstić information content (AvgIpc) is 3.28. The van der Waals surface area contributed by atoms with Crippen molar-refractivity contribution in [2.24, 2.45) is 0 Å². The lowest BCUT2D eigenvalue weighted by molar-refractivity contribution is -0.129. The summed E-state index contributed by atoms with van der Waals surface area (Å²) in [6, 6.07) is 8.80. The van der Waals surface area contributed by atoms with Gasteiger partial charge in [-0.3, -0.25) is 4.79 Å². The van der Waals surface area contributed by atoms with E-state index in [0.29, 0.717) is 34.7 Å². The first kappa shape index (κ1) is 17.0. The molecule has 1 unspecified atom stereocenters. The summed E-state index contributed by atoms with van der Waals surface area (Å²) in [6.07, 6.45) is 1.64. The highest BCUT2D eigenvalue weighted by molar-refractivity contribution is 6.27. The van der Waals surface area contributed by atoms with Crippen LogP contribution in [-0.4, -0.2) is 28.2 Å². The molecule has 1 amide bonds. The maximum absolute atomic E-state index is 13.5. The molecule has 1 aromatic heterocycles. The molecule has 2 heterocycles. The van der Waals surface area contributed by atoms with E-state index < -0.39 is 11.6 Å². The first-order chi connectivity index (χ1) is 12.6. The van der Waals surface area contributed by atoms with Crippen molar-refractivity contribution in [2.45, 2.75) is 18.9 Å². The van der Waals surface area contributed by atoms with E-state index in [-0.39, 0.29) is 17.8 Å². The lowest BCUT2D eigenvalue weighted by Gasteiger charge is -2.20. The standard InChI is InChI=1S/C19H15ClF2N2O2/c20-10-18(25)24-7-1-2-16(24)19-23-15-9-12(4-6-17(15)26-19)11-3-5-13(21)14(22)8-11/h3-6,8-9,16H,1-2,7,10H2. The van der Waals surface area contributed by atoms with Crippen molar-refractivity contribution in [1.29, 1.82) is 0 Å². The molecule has 0 aliphatic carbocycles. The highest BCUT2D eigenvalue weighted by Gasteiger charge is 2.33. The van der Waals surface area contributed by atoms with Crippen LogP contribution in [0.1, 0.15) is 24.8 Å². The van der Waals surface area contributed by atoms with E-state index in [4.69, 9.17) is 16.0 Å². The lowest BCUT2D eigenvalue weighted by Crippen LogP contribution is -2.31. The fourth-order valence-corrected chi connectivity index (χ4v) is 3.50. The number of benzene rings is 2. The molecule has 0 spiro atoms. The van der Waals surface area contributed by atoms with Gasteiger partial charge in [-0.25, -0.2) is 13.8 Å². The predicted octanol–water partition coefficient (Wildman–Crippen LogP) is 4.68. The average molecular weight is 377 g/mol. The topological polar surface area (TPSA) is 46.3 Å². The first-order valence-corrected chi connectivity index (χ1v) is 8.81. The summed E-state index contributed by atoms with van der Waals surface area (Å²) in [5.74, 6) is -1.53. The molecule has 0 radical (unpaired) electrons. The van der Waals surface area contributed by atoms with Gasteiger partial charge in [-0.15, -0.1) is 11.6 Å². The number of likely N-dealkylation sites (tertiary alicyclic amines) is 1. The first-order valence-electron chi connectivity index (χ1n) is 8.28. The summed E-state index contributed by atoms with van der Waals surface area (Å²) in [7, 11) is 0. The van der Waals surface area contributed by atoms with Crippen LogP contribution in [0.4, 0.5) is 8.78 Å². The highest BCUT2D eigenvalue weighted by Crippen LogP contribution is 2.34. The fourth-order valence-electron chi connectivity index (χ4n) is 3.34. The minimum absolute atomic E-state index is 0.0724. The molecular weight excluding hydrogens is 362 g/mol. The summed E-state index contributed by atoms with van der Waals surface area (Å²) < 4.78 is 32.4. The van der Waals surface area contributed by atoms with E-state index >= 15 is 0 Å². The largest absolute Gasteiger partial charge is 0.438 e. The summed E-state index contributed by atoms with van der Waals surface area (Å²) in [5, 5.41) is 0. The molecule has 134 valence electrons. The van der Waals surface area contributed by atoms with Crippen molar-refractivity contribution < 1.29 is 18.0 Å². The van der Waals surface area contributed by atoms with Crippen molar-refractivity contribution in [3.05, 3.63) is 53.9 Å². The number of rotatable bonds is 3. The molecule has 1 aliphatic heterocycles. The Morgan fingerprint density at radius 2 is 1.96 bits per heavy atom. The summed E-state index contributed by atoms with van der Waals surface area (Å²) in [6.45, 7) is 0.634. The van der Waals surface area contributed by atoms with Crippen LogP contribution in [0.3, 0.4) is 0 Å². The monoisotopic (exact) mass is 376 g/mol. The van der Waals surface area contributed by atoms with E-state index in [1.807, 2.05) is 0 Å². The zero-order valence-corrected chi connectivity index (χ0v) is 14.5. The summed E-state index contributed by atoms with van der Waals surface area (Å²) in [5.41, 5.74) is 2.44. The second-order valence-electron chi connectivity index (χ2n) is 6.24. The van der Waals surface area contributed by atoms with Crippen LogP contribution in [0.2, 0.25) is 0 Å². The highest BCUT2D eigenvalue weighted by atomic mass is 35.5.